The van der Waals surface area contributed by atoms with Gasteiger partial charge >= 0.3 is 5.97 Å². The van der Waals surface area contributed by atoms with E-state index in [9.17, 15) is 9.59 Å². The molecule has 0 aliphatic heterocycles. The fraction of sp³-hybridized carbons (Fsp3) is 0.294. The van der Waals surface area contributed by atoms with E-state index in [2.05, 4.69) is 0 Å². The molecule has 0 bridgehead atoms. The van der Waals surface area contributed by atoms with Gasteiger partial charge in [0.15, 0.2) is 0 Å². The van der Waals surface area contributed by atoms with Crippen LogP contribution in [0.15, 0.2) is 42.5 Å². The molecule has 4 heteroatoms. The molecule has 0 aliphatic carbocycles. The van der Waals surface area contributed by atoms with Crippen molar-refractivity contribution in [2.45, 2.75) is 25.7 Å². The lowest BCUT2D eigenvalue weighted by Gasteiger charge is -1.96. The summed E-state index contributed by atoms with van der Waals surface area (Å²) >= 11 is 0. The van der Waals surface area contributed by atoms with E-state index in [4.69, 9.17) is 10.2 Å². The Kier molecular flexibility index (Phi) is 7.76. The summed E-state index contributed by atoms with van der Waals surface area (Å²) in [4.78, 5) is 20.4. The Morgan fingerprint density at radius 1 is 1.00 bits per heavy atom. The summed E-state index contributed by atoms with van der Waals surface area (Å²) in [5.74, 6) is -0.757. The van der Waals surface area contributed by atoms with E-state index < -0.39 is 5.97 Å². The van der Waals surface area contributed by atoms with Crippen molar-refractivity contribution in [2.75, 3.05) is 6.61 Å². The Balaban J connectivity index is 0.000000222. The summed E-state index contributed by atoms with van der Waals surface area (Å²) in [6.45, 7) is 0.166. The third-order valence-corrected chi connectivity index (χ3v) is 2.96. The molecule has 0 fully saturated rings. The summed E-state index contributed by atoms with van der Waals surface area (Å²) in [6, 6.07) is 13.7. The van der Waals surface area contributed by atoms with Gasteiger partial charge in [0.05, 0.1) is 0 Å². The van der Waals surface area contributed by atoms with E-state index in [-0.39, 0.29) is 13.0 Å². The predicted molar refractivity (Wildman–Crippen MR) is 82.5 cm³/mol. The van der Waals surface area contributed by atoms with Crippen LogP contribution in [0.4, 0.5) is 0 Å². The second-order valence-electron chi connectivity index (χ2n) is 4.65. The molecule has 2 N–H and O–H groups in total. The molecule has 0 saturated heterocycles. The van der Waals surface area contributed by atoms with Crippen molar-refractivity contribution in [3.05, 3.63) is 48.0 Å². The molecule has 0 atom stereocenters. The Hall–Kier alpha value is -2.20. The summed E-state index contributed by atoms with van der Waals surface area (Å²) in [5.41, 5.74) is 0.730. The van der Waals surface area contributed by atoms with Gasteiger partial charge in [0.1, 0.15) is 6.29 Å². The predicted octanol–water partition coefficient (Wildman–Crippen LogP) is 3.28. The van der Waals surface area contributed by atoms with Crippen molar-refractivity contribution >= 4 is 23.0 Å². The van der Waals surface area contributed by atoms with E-state index in [1.807, 2.05) is 42.5 Å². The number of aliphatic hydroxyl groups excluding tert-OH is 1. The number of hydrogen-bond donors (Lipinski definition) is 2. The molecule has 0 aliphatic rings. The van der Waals surface area contributed by atoms with Crippen molar-refractivity contribution in [2.24, 2.45) is 0 Å². The van der Waals surface area contributed by atoms with E-state index in [1.165, 1.54) is 5.39 Å². The van der Waals surface area contributed by atoms with Crippen LogP contribution in [0.2, 0.25) is 0 Å². The molecular formula is C17H20O4. The Bertz CT molecular complexity index is 578. The zero-order valence-corrected chi connectivity index (χ0v) is 11.9. The van der Waals surface area contributed by atoms with Gasteiger partial charge in [0, 0.05) is 18.6 Å². The van der Waals surface area contributed by atoms with Gasteiger partial charge in [-0.3, -0.25) is 9.59 Å². The largest absolute Gasteiger partial charge is 0.481 e. The molecule has 0 aromatic heterocycles. The van der Waals surface area contributed by atoms with Gasteiger partial charge in [-0.15, -0.1) is 0 Å². The van der Waals surface area contributed by atoms with Crippen LogP contribution in [-0.4, -0.2) is 29.1 Å². The smallest absolute Gasteiger partial charge is 0.303 e. The monoisotopic (exact) mass is 288 g/mol. The first kappa shape index (κ1) is 16.9. The van der Waals surface area contributed by atoms with E-state index in [0.29, 0.717) is 12.8 Å². The number of fused-ring (bicyclic) bond motifs is 1. The molecule has 2 rings (SSSR count). The van der Waals surface area contributed by atoms with Crippen LogP contribution in [0.25, 0.3) is 10.8 Å². The van der Waals surface area contributed by atoms with E-state index >= 15 is 0 Å². The quantitative estimate of drug-likeness (QED) is 0.632. The number of carbonyl (C=O) groups is 2. The number of aliphatic hydroxyl groups is 1. The Morgan fingerprint density at radius 2 is 1.71 bits per heavy atom. The fourth-order valence-electron chi connectivity index (χ4n) is 1.85. The number of benzene rings is 2. The normalized spacial score (nSPS) is 9.76. The van der Waals surface area contributed by atoms with E-state index in [1.54, 1.807) is 0 Å². The van der Waals surface area contributed by atoms with Gasteiger partial charge in [-0.1, -0.05) is 42.8 Å². The van der Waals surface area contributed by atoms with Crippen molar-refractivity contribution < 1.29 is 19.8 Å². The third kappa shape index (κ3) is 6.68. The average molecular weight is 288 g/mol. The molecule has 2 aromatic rings. The highest BCUT2D eigenvalue weighted by Crippen LogP contribution is 2.14. The second kappa shape index (κ2) is 9.66. The van der Waals surface area contributed by atoms with Crippen molar-refractivity contribution in [1.82, 2.24) is 0 Å². The number of carboxylic acids is 1. The Morgan fingerprint density at radius 3 is 2.33 bits per heavy atom. The summed E-state index contributed by atoms with van der Waals surface area (Å²) in [6.07, 6.45) is 3.29. The average Bonchev–Trinajstić information content (AvgIpc) is 2.51. The van der Waals surface area contributed by atoms with Gasteiger partial charge in [0.25, 0.3) is 0 Å². The van der Waals surface area contributed by atoms with Crippen LogP contribution < -0.4 is 0 Å². The van der Waals surface area contributed by atoms with Crippen LogP contribution in [0.5, 0.6) is 0 Å². The lowest BCUT2D eigenvalue weighted by atomic mass is 10.1. The highest BCUT2D eigenvalue weighted by molar-refractivity contribution is 5.88. The topological polar surface area (TPSA) is 74.6 Å². The van der Waals surface area contributed by atoms with Gasteiger partial charge in [0.2, 0.25) is 0 Å². The van der Waals surface area contributed by atoms with Crippen molar-refractivity contribution in [3.8, 4) is 0 Å². The van der Waals surface area contributed by atoms with Gasteiger partial charge in [-0.2, -0.15) is 0 Å². The minimum Gasteiger partial charge on any atom is -0.481 e. The standard InChI is InChI=1S/C11H8O.C6H12O3/c12-8-9-5-6-10-3-1-2-4-11(10)7-9;7-5-3-1-2-4-6(8)9/h1-8H;7H,1-5H2,(H,8,9). The molecule has 0 amide bonds. The van der Waals surface area contributed by atoms with Crippen LogP contribution in [-0.2, 0) is 4.79 Å². The lowest BCUT2D eigenvalue weighted by molar-refractivity contribution is -0.137. The molecule has 21 heavy (non-hydrogen) atoms. The summed E-state index contributed by atoms with van der Waals surface area (Å²) < 4.78 is 0. The zero-order valence-electron chi connectivity index (χ0n) is 11.9. The minimum atomic E-state index is -0.757. The molecular weight excluding hydrogens is 268 g/mol. The number of rotatable bonds is 6. The molecule has 2 aromatic carbocycles. The van der Waals surface area contributed by atoms with Crippen molar-refractivity contribution in [3.63, 3.8) is 0 Å². The first-order chi connectivity index (χ1) is 10.2. The van der Waals surface area contributed by atoms with Gasteiger partial charge in [-0.25, -0.2) is 0 Å². The summed E-state index contributed by atoms with van der Waals surface area (Å²) in [5, 5.41) is 18.7. The number of hydrogen-bond acceptors (Lipinski definition) is 3. The molecule has 0 unspecified atom stereocenters. The van der Waals surface area contributed by atoms with E-state index in [0.717, 1.165) is 23.7 Å². The maximum absolute atomic E-state index is 10.5. The van der Waals surface area contributed by atoms with Crippen molar-refractivity contribution in [1.29, 1.82) is 0 Å². The first-order valence-electron chi connectivity index (χ1n) is 6.94. The highest BCUT2D eigenvalue weighted by Gasteiger charge is 1.94. The number of carbonyl (C=O) groups excluding carboxylic acids is 1. The number of carboxylic acid groups (broad SMARTS) is 1. The molecule has 4 nitrogen and oxygen atoms in total. The first-order valence-corrected chi connectivity index (χ1v) is 6.94. The molecule has 0 spiro atoms. The van der Waals surface area contributed by atoms with Crippen LogP contribution >= 0.6 is 0 Å². The number of aliphatic carboxylic acids is 1. The maximum atomic E-state index is 10.5. The van der Waals surface area contributed by atoms with Crippen LogP contribution in [0.3, 0.4) is 0 Å². The molecule has 0 saturated carbocycles. The lowest BCUT2D eigenvalue weighted by Crippen LogP contribution is -1.94. The number of aldehydes is 1. The van der Waals surface area contributed by atoms with Crippen LogP contribution in [0, 0.1) is 0 Å². The maximum Gasteiger partial charge on any atom is 0.303 e. The van der Waals surface area contributed by atoms with Gasteiger partial charge in [-0.05, 0) is 29.7 Å². The SMILES string of the molecule is O=C(O)CCCCCO.O=Cc1ccc2ccccc2c1. The molecule has 0 heterocycles. The minimum absolute atomic E-state index is 0.166. The van der Waals surface area contributed by atoms with Crippen LogP contribution in [0.1, 0.15) is 36.0 Å². The summed E-state index contributed by atoms with van der Waals surface area (Å²) in [7, 11) is 0. The molecule has 0 radical (unpaired) electrons. The number of unbranched alkanes of at least 4 members (excludes halogenated alkanes) is 2. The molecule has 112 valence electrons. The second-order valence-corrected chi connectivity index (χ2v) is 4.65. The fourth-order valence-corrected chi connectivity index (χ4v) is 1.85. The van der Waals surface area contributed by atoms with Gasteiger partial charge < -0.3 is 10.2 Å². The Labute approximate surface area is 124 Å². The highest BCUT2D eigenvalue weighted by atomic mass is 16.4. The third-order valence-electron chi connectivity index (χ3n) is 2.96. The zero-order chi connectivity index (χ0) is 15.5.